The summed E-state index contributed by atoms with van der Waals surface area (Å²) in [6.07, 6.45) is -5.46. The monoisotopic (exact) mass is 456 g/mol. The summed E-state index contributed by atoms with van der Waals surface area (Å²) in [5.41, 5.74) is 0.272. The molecule has 168 valence electrons. The predicted octanol–water partition coefficient (Wildman–Crippen LogP) is -1.61. The molecule has 2 aliphatic heterocycles. The number of phosphoric acid groups is 1. The Morgan fingerprint density at radius 1 is 1.16 bits per heavy atom. The van der Waals surface area contributed by atoms with Gasteiger partial charge in [-0.1, -0.05) is 0 Å². The Bertz CT molecular complexity index is 1250. The third kappa shape index (κ3) is 4.88. The number of aliphatic hydroxyl groups is 3. The fourth-order valence-electron chi connectivity index (χ4n) is 3.15. The zero-order chi connectivity index (χ0) is 23.1. The van der Waals surface area contributed by atoms with E-state index in [1.807, 2.05) is 11.9 Å². The molecule has 6 N–H and O–H groups in total. The van der Waals surface area contributed by atoms with Crippen molar-refractivity contribution >= 4 is 18.9 Å². The molecule has 3 unspecified atom stereocenters. The maximum atomic E-state index is 12.3. The second kappa shape index (κ2) is 8.55. The van der Waals surface area contributed by atoms with Gasteiger partial charge in [0.2, 0.25) is 0 Å². The van der Waals surface area contributed by atoms with Gasteiger partial charge in [-0.15, -0.1) is 0 Å². The molecular formula is C17H21N4O9P. The maximum absolute atomic E-state index is 12.3. The molecule has 0 radical (unpaired) electrons. The zero-order valence-corrected chi connectivity index (χ0v) is 17.4. The number of fused-ring (bicyclic) bond motifs is 2. The standard InChI is InChI=1S/C17H21N4O9P/c1-7-3-9-10(4-8(7)2)21(15-13(18-9)16(25)20-17(26)19-15)5-12(30-31(27,28)29)14(24)11(23)6-22/h3-4,11-12,14,22-24H,5-6H2,1-2H3,(H,20,25,26)(H2,27,28,29). The molecule has 2 aliphatic rings. The summed E-state index contributed by atoms with van der Waals surface area (Å²) in [4.78, 5) is 52.6. The lowest BCUT2D eigenvalue weighted by atomic mass is 10.1. The second-order valence-corrected chi connectivity index (χ2v) is 8.26. The number of hydrogen-bond acceptors (Lipinski definition) is 9. The van der Waals surface area contributed by atoms with Gasteiger partial charge in [-0.2, -0.15) is 4.98 Å². The number of H-pyrrole nitrogens is 1. The Balaban J connectivity index is 2.30. The fraction of sp³-hybridized carbons (Fsp3) is 0.412. The molecular weight excluding hydrogens is 435 g/mol. The number of benzene rings is 1. The van der Waals surface area contributed by atoms with Crippen molar-refractivity contribution in [3.63, 3.8) is 0 Å². The van der Waals surface area contributed by atoms with Crippen molar-refractivity contribution < 1.29 is 34.2 Å². The Morgan fingerprint density at radius 3 is 2.42 bits per heavy atom. The zero-order valence-electron chi connectivity index (χ0n) is 16.5. The van der Waals surface area contributed by atoms with Gasteiger partial charge in [0.15, 0.2) is 11.5 Å². The minimum absolute atomic E-state index is 0.213. The van der Waals surface area contributed by atoms with Gasteiger partial charge in [0.1, 0.15) is 18.3 Å². The van der Waals surface area contributed by atoms with E-state index in [1.165, 1.54) is 4.57 Å². The summed E-state index contributed by atoms with van der Waals surface area (Å²) in [5, 5.41) is 29.2. The highest BCUT2D eigenvalue weighted by Crippen LogP contribution is 2.39. The van der Waals surface area contributed by atoms with Crippen molar-refractivity contribution in [1.29, 1.82) is 0 Å². The Morgan fingerprint density at radius 2 is 1.81 bits per heavy atom. The number of aliphatic hydroxyl groups excluding tert-OH is 3. The first-order chi connectivity index (χ1) is 14.4. The average Bonchev–Trinajstić information content (AvgIpc) is 2.67. The smallest absolute Gasteiger partial charge is 0.394 e. The summed E-state index contributed by atoms with van der Waals surface area (Å²) < 4.78 is 17.4. The number of hydrogen-bond donors (Lipinski definition) is 6. The van der Waals surface area contributed by atoms with Gasteiger partial charge >= 0.3 is 13.5 Å². The van der Waals surface area contributed by atoms with E-state index in [0.29, 0.717) is 11.0 Å². The van der Waals surface area contributed by atoms with Crippen LogP contribution < -0.4 is 11.2 Å². The molecule has 2 heterocycles. The van der Waals surface area contributed by atoms with Crippen LogP contribution in [0.2, 0.25) is 0 Å². The number of nitrogens with zero attached hydrogens (tertiary/aromatic N) is 3. The van der Waals surface area contributed by atoms with Gasteiger partial charge in [-0.3, -0.25) is 14.3 Å². The maximum Gasteiger partial charge on any atom is 0.470 e. The summed E-state index contributed by atoms with van der Waals surface area (Å²) in [5.74, 6) is -0.213. The van der Waals surface area contributed by atoms with Crippen molar-refractivity contribution in [1.82, 2.24) is 19.5 Å². The number of rotatable bonds is 7. The number of phosphoric ester groups is 1. The first-order valence-corrected chi connectivity index (χ1v) is 10.6. The van der Waals surface area contributed by atoms with Gasteiger partial charge in [-0.25, -0.2) is 14.3 Å². The van der Waals surface area contributed by atoms with Gasteiger partial charge in [0, 0.05) is 0 Å². The Hall–Kier alpha value is -2.51. The molecule has 1 aromatic rings. The van der Waals surface area contributed by atoms with Crippen LogP contribution in [-0.4, -0.2) is 69.5 Å². The first-order valence-electron chi connectivity index (χ1n) is 9.04. The number of aryl methyl sites for hydroxylation is 2. The lowest BCUT2D eigenvalue weighted by Crippen LogP contribution is -2.43. The van der Waals surface area contributed by atoms with E-state index in [2.05, 4.69) is 14.5 Å². The van der Waals surface area contributed by atoms with E-state index in [-0.39, 0.29) is 11.5 Å². The summed E-state index contributed by atoms with van der Waals surface area (Å²) in [6.45, 7) is 2.15. The number of aromatic nitrogens is 4. The van der Waals surface area contributed by atoms with Gasteiger partial charge in [0.05, 0.1) is 24.2 Å². The molecule has 0 aliphatic carbocycles. The van der Waals surface area contributed by atoms with Crippen LogP contribution in [0.3, 0.4) is 0 Å². The summed E-state index contributed by atoms with van der Waals surface area (Å²) >= 11 is 0. The predicted molar refractivity (Wildman–Crippen MR) is 107 cm³/mol. The van der Waals surface area contributed by atoms with Crippen LogP contribution in [0, 0.1) is 13.8 Å². The Labute approximate surface area is 174 Å². The third-order valence-corrected chi connectivity index (χ3v) is 5.37. The molecule has 13 nitrogen and oxygen atoms in total. The molecule has 0 saturated carbocycles. The molecule has 3 rings (SSSR count). The fourth-order valence-corrected chi connectivity index (χ4v) is 3.69. The third-order valence-electron chi connectivity index (χ3n) is 4.82. The molecule has 0 aromatic heterocycles. The molecule has 1 aromatic carbocycles. The molecule has 0 bridgehead atoms. The molecule has 3 atom stereocenters. The van der Waals surface area contributed by atoms with Crippen LogP contribution in [-0.2, 0) is 15.6 Å². The van der Waals surface area contributed by atoms with Crippen molar-refractivity contribution in [2.45, 2.75) is 38.7 Å². The van der Waals surface area contributed by atoms with E-state index in [0.717, 1.165) is 11.1 Å². The van der Waals surface area contributed by atoms with Crippen LogP contribution in [0.25, 0.3) is 22.6 Å². The largest absolute Gasteiger partial charge is 0.470 e. The molecule has 0 amide bonds. The average molecular weight is 456 g/mol. The lowest BCUT2D eigenvalue weighted by molar-refractivity contribution is -0.0777. The van der Waals surface area contributed by atoms with Crippen LogP contribution >= 0.6 is 7.82 Å². The van der Waals surface area contributed by atoms with E-state index >= 15 is 0 Å². The molecule has 0 fully saturated rings. The molecule has 14 heteroatoms. The van der Waals surface area contributed by atoms with Crippen molar-refractivity contribution in [2.24, 2.45) is 0 Å². The first kappa shape index (κ1) is 23.2. The van der Waals surface area contributed by atoms with Crippen LogP contribution in [0.5, 0.6) is 0 Å². The summed E-state index contributed by atoms with van der Waals surface area (Å²) in [7, 11) is -5.15. The minimum Gasteiger partial charge on any atom is -0.394 e. The van der Waals surface area contributed by atoms with E-state index in [1.54, 1.807) is 19.1 Å². The van der Waals surface area contributed by atoms with Crippen molar-refractivity contribution in [3.8, 4) is 11.5 Å². The van der Waals surface area contributed by atoms with Crippen molar-refractivity contribution in [2.75, 3.05) is 6.61 Å². The second-order valence-electron chi connectivity index (χ2n) is 7.07. The van der Waals surface area contributed by atoms with Crippen LogP contribution in [0.15, 0.2) is 21.7 Å². The van der Waals surface area contributed by atoms with Crippen molar-refractivity contribution in [3.05, 3.63) is 44.1 Å². The normalized spacial score (nSPS) is 15.3. The lowest BCUT2D eigenvalue weighted by Gasteiger charge is -2.28. The highest BCUT2D eigenvalue weighted by Gasteiger charge is 2.34. The number of aromatic amines is 1. The quantitative estimate of drug-likeness (QED) is 0.176. The molecule has 31 heavy (non-hydrogen) atoms. The summed E-state index contributed by atoms with van der Waals surface area (Å²) in [6, 6.07) is 3.33. The SMILES string of the molecule is Cc1cc2nc3c(=O)[nH]c(=O)nc-3n(CC(OP(=O)(O)O)C(O)C(O)CO)c2cc1C. The van der Waals surface area contributed by atoms with E-state index < -0.39 is 50.5 Å². The topological polar surface area (TPSA) is 208 Å². The minimum atomic E-state index is -5.15. The Kier molecular flexibility index (Phi) is 6.39. The molecule has 0 saturated heterocycles. The highest BCUT2D eigenvalue weighted by molar-refractivity contribution is 7.46. The van der Waals surface area contributed by atoms with Crippen LogP contribution in [0.4, 0.5) is 0 Å². The van der Waals surface area contributed by atoms with Gasteiger partial charge < -0.3 is 29.7 Å². The van der Waals surface area contributed by atoms with Crippen LogP contribution in [0.1, 0.15) is 11.1 Å². The van der Waals surface area contributed by atoms with E-state index in [4.69, 9.17) is 5.11 Å². The van der Waals surface area contributed by atoms with Gasteiger partial charge in [-0.05, 0) is 37.1 Å². The number of nitrogens with one attached hydrogen (secondary N) is 1. The van der Waals surface area contributed by atoms with E-state index in [9.17, 15) is 34.2 Å². The van der Waals surface area contributed by atoms with Gasteiger partial charge in [0.25, 0.3) is 5.56 Å². The highest BCUT2D eigenvalue weighted by atomic mass is 31.2. The molecule has 0 spiro atoms.